The molecular weight excluding hydrogens is 177 g/mol. The topological polar surface area (TPSA) is 72.3 Å². The second-order valence-electron chi connectivity index (χ2n) is 1.01. The number of ketones is 1. The van der Waals surface area contributed by atoms with Gasteiger partial charge in [-0.2, -0.15) is 0 Å². The molecule has 3 nitrogen and oxygen atoms in total. The van der Waals surface area contributed by atoms with E-state index in [1.165, 1.54) is 13.8 Å². The lowest BCUT2D eigenvalue weighted by Crippen LogP contribution is -1.69. The highest BCUT2D eigenvalue weighted by Crippen LogP contribution is 1.73. The predicted molar refractivity (Wildman–Crippen MR) is 46.1 cm³/mol. The Balaban J connectivity index is -0.0000000273. The third kappa shape index (κ3) is 14500. The van der Waals surface area contributed by atoms with Crippen molar-refractivity contribution in [2.75, 3.05) is 12.4 Å². The van der Waals surface area contributed by atoms with Crippen molar-refractivity contribution in [2.24, 2.45) is 0 Å². The average molecular weight is 192 g/mol. The highest BCUT2D eigenvalue weighted by Gasteiger charge is 1.62. The highest BCUT2D eigenvalue weighted by atomic mass is 35.5. The number of carbonyl (C=O) groups excluding carboxylic acids is 1. The normalized spacial score (nSPS) is 5.00. The van der Waals surface area contributed by atoms with Gasteiger partial charge in [-0.05, 0) is 13.8 Å². The Morgan fingerprint density at radius 3 is 1.30 bits per heavy atom. The van der Waals surface area contributed by atoms with E-state index in [9.17, 15) is 4.79 Å². The van der Waals surface area contributed by atoms with Gasteiger partial charge >= 0.3 is 0 Å². The third-order valence-electron chi connectivity index (χ3n) is 0. The van der Waals surface area contributed by atoms with E-state index >= 15 is 0 Å². The zero-order chi connectivity index (χ0) is 8.28. The van der Waals surface area contributed by atoms with Gasteiger partial charge in [0.25, 0.3) is 0 Å². The minimum absolute atomic E-state index is 0. The highest BCUT2D eigenvalue weighted by molar-refractivity contribution is 6.40. The first-order chi connectivity index (χ1) is 4.15. The molecule has 0 unspecified atom stereocenters. The van der Waals surface area contributed by atoms with Gasteiger partial charge in [0, 0.05) is 7.11 Å². The summed E-state index contributed by atoms with van der Waals surface area (Å²) >= 11 is 9.53. The van der Waals surface area contributed by atoms with Crippen molar-refractivity contribution in [2.45, 2.75) is 13.8 Å². The second-order valence-corrected chi connectivity index (χ2v) is 1.82. The smallest absolute Gasteiger partial charge is 0.126 e. The molecule has 0 aliphatic heterocycles. The molecule has 4 N–H and O–H groups in total. The fourth-order valence-electron chi connectivity index (χ4n) is 0. The first-order valence-corrected chi connectivity index (χ1v) is 3.25. The molecule has 0 atom stereocenters. The molecule has 0 aliphatic rings. The van der Waals surface area contributed by atoms with Gasteiger partial charge in [0.2, 0.25) is 0 Å². The second kappa shape index (κ2) is 35.2. The molecule has 0 bridgehead atoms. The van der Waals surface area contributed by atoms with Crippen LogP contribution in [0.2, 0.25) is 0 Å². The van der Waals surface area contributed by atoms with Crippen LogP contribution < -0.4 is 6.15 Å². The Morgan fingerprint density at radius 1 is 1.30 bits per heavy atom. The molecule has 0 aromatic carbocycles. The molecule has 0 aliphatic carbocycles. The van der Waals surface area contributed by atoms with E-state index < -0.39 is 0 Å². The summed E-state index contributed by atoms with van der Waals surface area (Å²) in [5, 5.41) is 7.19. The van der Waals surface area contributed by atoms with Crippen molar-refractivity contribution in [3.05, 3.63) is 0 Å². The molecule has 0 amide bonds. The van der Waals surface area contributed by atoms with Crippen molar-refractivity contribution in [3.63, 3.8) is 0 Å². The Hall–Kier alpha value is 0.170. The molecule has 0 rings (SSSR count). The zero-order valence-electron chi connectivity index (χ0n) is 6.53. The van der Waals surface area contributed by atoms with Crippen molar-refractivity contribution in [1.29, 1.82) is 0 Å². The summed E-state index contributed by atoms with van der Waals surface area (Å²) in [6.07, 6.45) is 0. The summed E-state index contributed by atoms with van der Waals surface area (Å²) in [5.74, 6) is 0.167. The van der Waals surface area contributed by atoms with E-state index in [-0.39, 0.29) is 17.3 Å². The molecule has 0 radical (unpaired) electrons. The summed E-state index contributed by atoms with van der Waals surface area (Å²) in [5.41, 5.74) is 0. The van der Waals surface area contributed by atoms with Crippen molar-refractivity contribution in [3.8, 4) is 0 Å². The van der Waals surface area contributed by atoms with Crippen LogP contribution in [0.5, 0.6) is 0 Å². The summed E-state index contributed by atoms with van der Waals surface area (Å²) < 4.78 is 0. The van der Waals surface area contributed by atoms with Crippen LogP contribution in [0.3, 0.4) is 0 Å². The number of alkyl halides is 2. The average Bonchev–Trinajstić information content (AvgIpc) is 1.71. The summed E-state index contributed by atoms with van der Waals surface area (Å²) in [4.78, 5) is 9.44. The molecule has 0 aromatic heterocycles. The fraction of sp³-hybridized carbons (Fsp3) is 0.800. The molecule has 0 saturated heterocycles. The first-order valence-electron chi connectivity index (χ1n) is 2.19. The molecule has 66 valence electrons. The van der Waals surface area contributed by atoms with Crippen molar-refractivity contribution >= 4 is 29.0 Å². The standard InChI is InChI=1S/C3H6O.CH2Cl2.CH4O.H3N/c1-3(2)4;2-1-3;1-2;/h1-2H3;1H2;2H,1H3;1H3. The molecular formula is C5H15Cl2NO2. The lowest BCUT2D eigenvalue weighted by Gasteiger charge is -1.56. The molecule has 0 saturated carbocycles. The Labute approximate surface area is 71.9 Å². The number of Topliss-reactive ketones (excluding diaryl/α,β-unsaturated/α-hetero) is 1. The van der Waals surface area contributed by atoms with E-state index in [4.69, 9.17) is 28.3 Å². The first kappa shape index (κ1) is 22.5. The van der Waals surface area contributed by atoms with Crippen LogP contribution in [0.25, 0.3) is 0 Å². The minimum atomic E-state index is 0. The van der Waals surface area contributed by atoms with Gasteiger partial charge in [-0.25, -0.2) is 0 Å². The number of rotatable bonds is 0. The van der Waals surface area contributed by atoms with E-state index in [0.717, 1.165) is 7.11 Å². The van der Waals surface area contributed by atoms with Gasteiger partial charge in [-0.1, -0.05) is 0 Å². The maximum atomic E-state index is 9.44. The lowest BCUT2D eigenvalue weighted by atomic mass is 10.6. The number of hydrogen-bond donors (Lipinski definition) is 2. The van der Waals surface area contributed by atoms with Crippen LogP contribution in [0.15, 0.2) is 0 Å². The Kier molecular flexibility index (Phi) is 79.1. The molecule has 5 heteroatoms. The van der Waals surface area contributed by atoms with Crippen LogP contribution in [0.1, 0.15) is 13.8 Å². The minimum Gasteiger partial charge on any atom is -0.400 e. The van der Waals surface area contributed by atoms with Crippen LogP contribution in [-0.2, 0) is 4.79 Å². The van der Waals surface area contributed by atoms with E-state index in [0.29, 0.717) is 0 Å². The summed E-state index contributed by atoms with van der Waals surface area (Å²) in [6.45, 7) is 3.06. The number of halogens is 2. The van der Waals surface area contributed by atoms with E-state index in [1.807, 2.05) is 0 Å². The monoisotopic (exact) mass is 191 g/mol. The van der Waals surface area contributed by atoms with Gasteiger partial charge in [-0.15, -0.1) is 23.2 Å². The van der Waals surface area contributed by atoms with Crippen molar-refractivity contribution < 1.29 is 9.90 Å². The van der Waals surface area contributed by atoms with Crippen LogP contribution in [0, 0.1) is 0 Å². The molecule has 0 aromatic rings. The number of hydrogen-bond acceptors (Lipinski definition) is 3. The SMILES string of the molecule is CC(C)=O.CO.ClCCl.N. The number of aliphatic hydroxyl groups excluding tert-OH is 1. The van der Waals surface area contributed by atoms with Gasteiger partial charge in [0.1, 0.15) is 5.78 Å². The van der Waals surface area contributed by atoms with E-state index in [1.54, 1.807) is 0 Å². The van der Waals surface area contributed by atoms with Gasteiger partial charge in [-0.3, -0.25) is 0 Å². The zero-order valence-corrected chi connectivity index (χ0v) is 8.04. The third-order valence-corrected chi connectivity index (χ3v) is 0. The predicted octanol–water partition coefficient (Wildman–Crippen LogP) is 1.79. The molecule has 0 fully saturated rings. The Morgan fingerprint density at radius 2 is 1.30 bits per heavy atom. The van der Waals surface area contributed by atoms with Crippen LogP contribution in [-0.4, -0.2) is 23.3 Å². The van der Waals surface area contributed by atoms with Gasteiger partial charge < -0.3 is 16.1 Å². The quantitative estimate of drug-likeness (QED) is 0.574. The van der Waals surface area contributed by atoms with Crippen LogP contribution in [0.4, 0.5) is 0 Å². The van der Waals surface area contributed by atoms with Crippen LogP contribution >= 0.6 is 23.2 Å². The summed E-state index contributed by atoms with van der Waals surface area (Å²) in [6, 6.07) is 0. The Bertz CT molecular complexity index is 48.9. The van der Waals surface area contributed by atoms with Gasteiger partial charge in [0.05, 0.1) is 5.34 Å². The lowest BCUT2D eigenvalue weighted by molar-refractivity contribution is -0.114. The maximum absolute atomic E-state index is 9.44. The maximum Gasteiger partial charge on any atom is 0.126 e. The summed E-state index contributed by atoms with van der Waals surface area (Å²) in [7, 11) is 1.00. The molecule has 10 heavy (non-hydrogen) atoms. The van der Waals surface area contributed by atoms with E-state index in [2.05, 4.69) is 0 Å². The molecule has 0 heterocycles. The largest absolute Gasteiger partial charge is 0.400 e. The van der Waals surface area contributed by atoms with Crippen molar-refractivity contribution in [1.82, 2.24) is 6.15 Å². The number of carbonyl (C=O) groups is 1. The number of aliphatic hydroxyl groups is 1. The van der Waals surface area contributed by atoms with Gasteiger partial charge in [0.15, 0.2) is 0 Å². The fourth-order valence-corrected chi connectivity index (χ4v) is 0. The molecule has 0 spiro atoms.